The second-order valence-corrected chi connectivity index (χ2v) is 6.15. The Morgan fingerprint density at radius 1 is 0.931 bits per heavy atom. The number of methoxy groups -OCH3 is 2. The standard InChI is InChI=1S/C23H26O6/c1-5-13-28-20-14-18(27-4)15-21(29-22(25)6-2)23(20)19(24)12-9-16-7-10-17(26-3)11-8-16/h7-12,14-15H,5-6,13H2,1-4H3/b12-9+. The van der Waals surface area contributed by atoms with E-state index in [0.717, 1.165) is 17.7 Å². The smallest absolute Gasteiger partial charge is 0.310 e. The molecule has 0 amide bonds. The van der Waals surface area contributed by atoms with Gasteiger partial charge < -0.3 is 18.9 Å². The number of ether oxygens (including phenoxy) is 4. The van der Waals surface area contributed by atoms with Crippen molar-refractivity contribution in [2.45, 2.75) is 26.7 Å². The minimum Gasteiger partial charge on any atom is -0.497 e. The fraction of sp³-hybridized carbons (Fsp3) is 0.304. The number of rotatable bonds is 10. The molecule has 0 fully saturated rings. The summed E-state index contributed by atoms with van der Waals surface area (Å²) in [5.74, 6) is 0.806. The highest BCUT2D eigenvalue weighted by molar-refractivity contribution is 6.11. The topological polar surface area (TPSA) is 71.1 Å². The van der Waals surface area contributed by atoms with E-state index in [-0.39, 0.29) is 23.5 Å². The molecule has 29 heavy (non-hydrogen) atoms. The summed E-state index contributed by atoms with van der Waals surface area (Å²) in [5.41, 5.74) is 1.02. The van der Waals surface area contributed by atoms with Crippen LogP contribution < -0.4 is 18.9 Å². The van der Waals surface area contributed by atoms with Crippen molar-refractivity contribution in [3.05, 3.63) is 53.6 Å². The molecule has 6 nitrogen and oxygen atoms in total. The van der Waals surface area contributed by atoms with Gasteiger partial charge in [-0.05, 0) is 30.2 Å². The molecule has 0 saturated heterocycles. The molecule has 0 heterocycles. The van der Waals surface area contributed by atoms with E-state index in [9.17, 15) is 9.59 Å². The van der Waals surface area contributed by atoms with Gasteiger partial charge in [0.25, 0.3) is 0 Å². The molecule has 0 aliphatic carbocycles. The quantitative estimate of drug-likeness (QED) is 0.250. The average Bonchev–Trinajstić information content (AvgIpc) is 2.75. The molecular formula is C23H26O6. The van der Waals surface area contributed by atoms with Gasteiger partial charge in [0, 0.05) is 18.6 Å². The lowest BCUT2D eigenvalue weighted by Gasteiger charge is -2.15. The Bertz CT molecular complexity index is 868. The second-order valence-electron chi connectivity index (χ2n) is 6.15. The van der Waals surface area contributed by atoms with Crippen molar-refractivity contribution >= 4 is 17.8 Å². The van der Waals surface area contributed by atoms with Crippen molar-refractivity contribution in [1.29, 1.82) is 0 Å². The minimum atomic E-state index is -0.451. The molecule has 0 N–H and O–H groups in total. The number of carbonyl (C=O) groups is 2. The molecule has 2 aromatic carbocycles. The van der Waals surface area contributed by atoms with E-state index in [2.05, 4.69) is 0 Å². The molecule has 0 aliphatic rings. The van der Waals surface area contributed by atoms with Crippen LogP contribution in [0.1, 0.15) is 42.6 Å². The van der Waals surface area contributed by atoms with E-state index in [1.807, 2.05) is 31.2 Å². The highest BCUT2D eigenvalue weighted by atomic mass is 16.5. The van der Waals surface area contributed by atoms with Gasteiger partial charge in [-0.3, -0.25) is 9.59 Å². The van der Waals surface area contributed by atoms with Crippen molar-refractivity contribution in [2.24, 2.45) is 0 Å². The molecule has 0 atom stereocenters. The molecule has 0 aromatic heterocycles. The van der Waals surface area contributed by atoms with Gasteiger partial charge in [-0.1, -0.05) is 32.1 Å². The van der Waals surface area contributed by atoms with E-state index in [1.54, 1.807) is 26.2 Å². The van der Waals surface area contributed by atoms with Gasteiger partial charge in [-0.15, -0.1) is 0 Å². The van der Waals surface area contributed by atoms with Crippen LogP contribution >= 0.6 is 0 Å². The van der Waals surface area contributed by atoms with Crippen molar-refractivity contribution in [3.63, 3.8) is 0 Å². The van der Waals surface area contributed by atoms with Crippen LogP contribution in [0.5, 0.6) is 23.0 Å². The van der Waals surface area contributed by atoms with Crippen molar-refractivity contribution in [2.75, 3.05) is 20.8 Å². The number of benzene rings is 2. The zero-order valence-corrected chi connectivity index (χ0v) is 17.2. The third kappa shape index (κ3) is 6.10. The van der Waals surface area contributed by atoms with Gasteiger partial charge in [0.2, 0.25) is 0 Å². The largest absolute Gasteiger partial charge is 0.497 e. The van der Waals surface area contributed by atoms with Gasteiger partial charge >= 0.3 is 5.97 Å². The van der Waals surface area contributed by atoms with Crippen LogP contribution in [0.25, 0.3) is 6.08 Å². The second kappa shape index (κ2) is 10.9. The molecule has 0 radical (unpaired) electrons. The van der Waals surface area contributed by atoms with Crippen LogP contribution in [0.3, 0.4) is 0 Å². The highest BCUT2D eigenvalue weighted by Crippen LogP contribution is 2.35. The van der Waals surface area contributed by atoms with Gasteiger partial charge in [0.05, 0.1) is 20.8 Å². The summed E-state index contributed by atoms with van der Waals surface area (Å²) in [6.07, 6.45) is 4.04. The van der Waals surface area contributed by atoms with Crippen LogP contribution in [0, 0.1) is 0 Å². The molecule has 6 heteroatoms. The molecule has 2 aromatic rings. The van der Waals surface area contributed by atoms with Gasteiger partial charge in [-0.2, -0.15) is 0 Å². The average molecular weight is 398 g/mol. The van der Waals surface area contributed by atoms with Gasteiger partial charge in [-0.25, -0.2) is 0 Å². The van der Waals surface area contributed by atoms with Crippen LogP contribution in [0.15, 0.2) is 42.5 Å². The van der Waals surface area contributed by atoms with Gasteiger partial charge in [0.15, 0.2) is 5.78 Å². The third-order valence-electron chi connectivity index (χ3n) is 4.04. The Balaban J connectivity index is 2.42. The molecule has 0 saturated carbocycles. The number of hydrogen-bond donors (Lipinski definition) is 0. The number of carbonyl (C=O) groups excluding carboxylic acids is 2. The molecule has 2 rings (SSSR count). The molecule has 0 aliphatic heterocycles. The van der Waals surface area contributed by atoms with Crippen molar-refractivity contribution in [3.8, 4) is 23.0 Å². The maximum absolute atomic E-state index is 13.0. The number of hydrogen-bond acceptors (Lipinski definition) is 6. The van der Waals surface area contributed by atoms with E-state index >= 15 is 0 Å². The normalized spacial score (nSPS) is 10.6. The molecule has 0 bridgehead atoms. The lowest BCUT2D eigenvalue weighted by molar-refractivity contribution is -0.134. The molecule has 154 valence electrons. The Labute approximate surface area is 171 Å². The minimum absolute atomic E-state index is 0.117. The molecule has 0 spiro atoms. The number of ketones is 1. The highest BCUT2D eigenvalue weighted by Gasteiger charge is 2.21. The Morgan fingerprint density at radius 2 is 1.59 bits per heavy atom. The zero-order valence-electron chi connectivity index (χ0n) is 17.2. The maximum atomic E-state index is 13.0. The monoisotopic (exact) mass is 398 g/mol. The number of esters is 1. The van der Waals surface area contributed by atoms with Gasteiger partial charge in [0.1, 0.15) is 28.6 Å². The van der Waals surface area contributed by atoms with E-state index in [0.29, 0.717) is 18.1 Å². The summed E-state index contributed by atoms with van der Waals surface area (Å²) in [7, 11) is 3.09. The summed E-state index contributed by atoms with van der Waals surface area (Å²) in [6, 6.07) is 10.4. The van der Waals surface area contributed by atoms with E-state index in [4.69, 9.17) is 18.9 Å². The lowest BCUT2D eigenvalue weighted by Crippen LogP contribution is -2.11. The Kier molecular flexibility index (Phi) is 8.27. The molecular weight excluding hydrogens is 372 g/mol. The third-order valence-corrected chi connectivity index (χ3v) is 4.04. The summed E-state index contributed by atoms with van der Waals surface area (Å²) < 4.78 is 21.5. The zero-order chi connectivity index (χ0) is 21.2. The fourth-order valence-electron chi connectivity index (χ4n) is 2.50. The first-order valence-electron chi connectivity index (χ1n) is 9.44. The van der Waals surface area contributed by atoms with Crippen LogP contribution in [-0.4, -0.2) is 32.6 Å². The predicted octanol–water partition coefficient (Wildman–Crippen LogP) is 4.70. The van der Waals surface area contributed by atoms with Crippen molar-refractivity contribution in [1.82, 2.24) is 0 Å². The Hall–Kier alpha value is -3.28. The Morgan fingerprint density at radius 3 is 2.17 bits per heavy atom. The lowest BCUT2D eigenvalue weighted by atomic mass is 10.1. The van der Waals surface area contributed by atoms with Crippen LogP contribution in [-0.2, 0) is 4.79 Å². The first kappa shape index (κ1) is 22.0. The molecule has 0 unspecified atom stereocenters. The van der Waals surface area contributed by atoms with Crippen LogP contribution in [0.4, 0.5) is 0 Å². The first-order chi connectivity index (χ1) is 14.0. The first-order valence-corrected chi connectivity index (χ1v) is 9.44. The maximum Gasteiger partial charge on any atom is 0.310 e. The van der Waals surface area contributed by atoms with Crippen LogP contribution in [0.2, 0.25) is 0 Å². The van der Waals surface area contributed by atoms with E-state index in [1.165, 1.54) is 19.3 Å². The summed E-state index contributed by atoms with van der Waals surface area (Å²) >= 11 is 0. The summed E-state index contributed by atoms with van der Waals surface area (Å²) in [5, 5.41) is 0. The van der Waals surface area contributed by atoms with E-state index < -0.39 is 5.97 Å². The summed E-state index contributed by atoms with van der Waals surface area (Å²) in [6.45, 7) is 4.06. The predicted molar refractivity (Wildman–Crippen MR) is 111 cm³/mol. The summed E-state index contributed by atoms with van der Waals surface area (Å²) in [4.78, 5) is 24.9. The SMILES string of the molecule is CCCOc1cc(OC)cc(OC(=O)CC)c1C(=O)/C=C/c1ccc(OC)cc1. The fourth-order valence-corrected chi connectivity index (χ4v) is 2.50. The van der Waals surface area contributed by atoms with Crippen molar-refractivity contribution < 1.29 is 28.5 Å². The number of allylic oxidation sites excluding steroid dienone is 1.